The van der Waals surface area contributed by atoms with E-state index in [0.717, 1.165) is 11.1 Å². The van der Waals surface area contributed by atoms with Crippen molar-refractivity contribution in [1.29, 1.82) is 0 Å². The summed E-state index contributed by atoms with van der Waals surface area (Å²) >= 11 is 0. The zero-order valence-electron chi connectivity index (χ0n) is 8.23. The molecule has 15 heavy (non-hydrogen) atoms. The molecule has 0 bridgehead atoms. The van der Waals surface area contributed by atoms with Gasteiger partial charge in [0.2, 0.25) is 0 Å². The molecule has 0 aliphatic heterocycles. The van der Waals surface area contributed by atoms with Gasteiger partial charge >= 0.3 is 0 Å². The fourth-order valence-electron chi connectivity index (χ4n) is 1.55. The molecule has 0 radical (unpaired) electrons. The van der Waals surface area contributed by atoms with Crippen molar-refractivity contribution in [2.75, 3.05) is 11.5 Å². The first-order valence-corrected chi connectivity index (χ1v) is 4.64. The van der Waals surface area contributed by atoms with Crippen LogP contribution in [0.1, 0.15) is 5.76 Å². The molecule has 0 saturated carbocycles. The van der Waals surface area contributed by atoms with Crippen molar-refractivity contribution in [3.05, 3.63) is 36.3 Å². The molecule has 0 atom stereocenters. The Labute approximate surface area is 87.7 Å². The predicted molar refractivity (Wildman–Crippen MR) is 60.9 cm³/mol. The molecule has 0 unspecified atom stereocenters. The van der Waals surface area contributed by atoms with Crippen molar-refractivity contribution >= 4 is 11.4 Å². The normalized spacial score (nSPS) is 10.5. The van der Waals surface area contributed by atoms with Crippen LogP contribution in [0, 0.1) is 0 Å². The second-order valence-corrected chi connectivity index (χ2v) is 3.31. The topological polar surface area (TPSA) is 91.2 Å². The third kappa shape index (κ3) is 1.67. The second-order valence-electron chi connectivity index (χ2n) is 3.31. The summed E-state index contributed by atoms with van der Waals surface area (Å²) in [7, 11) is 0. The van der Waals surface area contributed by atoms with E-state index < -0.39 is 0 Å². The van der Waals surface area contributed by atoms with Crippen molar-refractivity contribution in [3.8, 4) is 11.1 Å². The van der Waals surface area contributed by atoms with Gasteiger partial charge in [0, 0.05) is 22.5 Å². The van der Waals surface area contributed by atoms with Gasteiger partial charge in [0.1, 0.15) is 5.76 Å². The summed E-state index contributed by atoms with van der Waals surface area (Å²) in [5, 5.41) is 0. The molecule has 6 N–H and O–H groups in total. The van der Waals surface area contributed by atoms with Crippen molar-refractivity contribution in [3.63, 3.8) is 0 Å². The number of rotatable bonds is 2. The van der Waals surface area contributed by atoms with Gasteiger partial charge in [-0.2, -0.15) is 0 Å². The average Bonchev–Trinajstić information content (AvgIpc) is 2.69. The highest BCUT2D eigenvalue weighted by atomic mass is 16.3. The molecule has 2 aromatic rings. The smallest absolute Gasteiger partial charge is 0.125 e. The number of nitrogen functional groups attached to an aromatic ring is 2. The van der Waals surface area contributed by atoms with Crippen LogP contribution in [0.4, 0.5) is 11.4 Å². The van der Waals surface area contributed by atoms with E-state index >= 15 is 0 Å². The van der Waals surface area contributed by atoms with E-state index in [1.54, 1.807) is 18.4 Å². The highest BCUT2D eigenvalue weighted by molar-refractivity contribution is 5.80. The molecule has 4 heteroatoms. The van der Waals surface area contributed by atoms with Gasteiger partial charge in [0.05, 0.1) is 12.8 Å². The minimum absolute atomic E-state index is 0.344. The van der Waals surface area contributed by atoms with Crippen LogP contribution >= 0.6 is 0 Å². The van der Waals surface area contributed by atoms with Gasteiger partial charge in [0.15, 0.2) is 0 Å². The van der Waals surface area contributed by atoms with Crippen LogP contribution in [0.5, 0.6) is 0 Å². The fraction of sp³-hybridized carbons (Fsp3) is 0.0909. The predicted octanol–water partition coefficient (Wildman–Crippen LogP) is 1.57. The van der Waals surface area contributed by atoms with Gasteiger partial charge in [-0.15, -0.1) is 0 Å². The van der Waals surface area contributed by atoms with E-state index in [0.29, 0.717) is 23.7 Å². The molecule has 1 heterocycles. The van der Waals surface area contributed by atoms with E-state index in [9.17, 15) is 0 Å². The van der Waals surface area contributed by atoms with Gasteiger partial charge < -0.3 is 21.6 Å². The van der Waals surface area contributed by atoms with Crippen molar-refractivity contribution in [2.45, 2.75) is 6.54 Å². The summed E-state index contributed by atoms with van der Waals surface area (Å²) in [5.74, 6) is 0.715. The Kier molecular flexibility index (Phi) is 2.35. The molecule has 0 aliphatic rings. The molecule has 0 amide bonds. The van der Waals surface area contributed by atoms with Crippen LogP contribution in [0.2, 0.25) is 0 Å². The monoisotopic (exact) mass is 203 g/mol. The minimum atomic E-state index is 0.344. The Balaban J connectivity index is 2.58. The fourth-order valence-corrected chi connectivity index (χ4v) is 1.55. The van der Waals surface area contributed by atoms with Crippen LogP contribution in [0.25, 0.3) is 11.1 Å². The van der Waals surface area contributed by atoms with Crippen LogP contribution < -0.4 is 17.2 Å². The standard InChI is InChI=1S/C11H13N3O/c12-6-11-8(3-4-15-11)9-5-7(13)1-2-10(9)14/h1-5H,6,12-14H2. The number of furan rings is 1. The largest absolute Gasteiger partial charge is 0.467 e. The lowest BCUT2D eigenvalue weighted by atomic mass is 10.0. The summed E-state index contributed by atoms with van der Waals surface area (Å²) < 4.78 is 5.24. The zero-order valence-corrected chi connectivity index (χ0v) is 8.23. The number of hydrogen-bond acceptors (Lipinski definition) is 4. The van der Waals surface area contributed by atoms with E-state index in [4.69, 9.17) is 21.6 Å². The van der Waals surface area contributed by atoms with E-state index in [2.05, 4.69) is 0 Å². The molecule has 1 aromatic heterocycles. The maximum Gasteiger partial charge on any atom is 0.125 e. The molecular weight excluding hydrogens is 190 g/mol. The van der Waals surface area contributed by atoms with Gasteiger partial charge in [-0.3, -0.25) is 0 Å². The van der Waals surface area contributed by atoms with Gasteiger partial charge in [-0.05, 0) is 24.3 Å². The number of hydrogen-bond donors (Lipinski definition) is 3. The van der Waals surface area contributed by atoms with E-state index in [1.165, 1.54) is 0 Å². The van der Waals surface area contributed by atoms with E-state index in [1.807, 2.05) is 12.1 Å². The highest BCUT2D eigenvalue weighted by Crippen LogP contribution is 2.31. The van der Waals surface area contributed by atoms with Crippen molar-refractivity contribution < 1.29 is 4.42 Å². The van der Waals surface area contributed by atoms with Gasteiger partial charge in [-0.25, -0.2) is 0 Å². The number of nitrogens with two attached hydrogens (primary N) is 3. The Hall–Kier alpha value is -1.94. The van der Waals surface area contributed by atoms with Crippen LogP contribution in [0.3, 0.4) is 0 Å². The van der Waals surface area contributed by atoms with Crippen LogP contribution in [-0.2, 0) is 6.54 Å². The molecule has 1 aromatic carbocycles. The average molecular weight is 203 g/mol. The minimum Gasteiger partial charge on any atom is -0.467 e. The molecule has 2 rings (SSSR count). The molecule has 0 saturated heterocycles. The summed E-state index contributed by atoms with van der Waals surface area (Å²) in [4.78, 5) is 0. The highest BCUT2D eigenvalue weighted by Gasteiger charge is 2.10. The quantitative estimate of drug-likeness (QED) is 0.646. The SMILES string of the molecule is NCc1occc1-c1cc(N)ccc1N. The first-order chi connectivity index (χ1) is 7.22. The second kappa shape index (κ2) is 3.67. The van der Waals surface area contributed by atoms with Crippen molar-refractivity contribution in [1.82, 2.24) is 0 Å². The summed E-state index contributed by atoms with van der Waals surface area (Å²) in [6.45, 7) is 0.344. The molecule has 78 valence electrons. The maximum atomic E-state index is 5.87. The molecule has 4 nitrogen and oxygen atoms in total. The Morgan fingerprint density at radius 3 is 2.60 bits per heavy atom. The first-order valence-electron chi connectivity index (χ1n) is 4.64. The number of benzene rings is 1. The molecule has 0 fully saturated rings. The van der Waals surface area contributed by atoms with E-state index in [-0.39, 0.29) is 0 Å². The van der Waals surface area contributed by atoms with Gasteiger partial charge in [-0.1, -0.05) is 0 Å². The Bertz CT molecular complexity index is 476. The summed E-state index contributed by atoms with van der Waals surface area (Å²) in [5.41, 5.74) is 20.2. The lowest BCUT2D eigenvalue weighted by Crippen LogP contribution is -1.98. The zero-order chi connectivity index (χ0) is 10.8. The number of anilines is 2. The lowest BCUT2D eigenvalue weighted by Gasteiger charge is -2.06. The van der Waals surface area contributed by atoms with Gasteiger partial charge in [0.25, 0.3) is 0 Å². The maximum absolute atomic E-state index is 5.87. The lowest BCUT2D eigenvalue weighted by molar-refractivity contribution is 0.513. The molecule has 0 spiro atoms. The van der Waals surface area contributed by atoms with Crippen molar-refractivity contribution in [2.24, 2.45) is 5.73 Å². The summed E-state index contributed by atoms with van der Waals surface area (Å²) in [6.07, 6.45) is 1.60. The Morgan fingerprint density at radius 2 is 1.87 bits per heavy atom. The summed E-state index contributed by atoms with van der Waals surface area (Å²) in [6, 6.07) is 7.20. The first kappa shape index (κ1) is 9.61. The molecule has 0 aliphatic carbocycles. The third-order valence-corrected chi connectivity index (χ3v) is 2.30. The van der Waals surface area contributed by atoms with Crippen LogP contribution in [-0.4, -0.2) is 0 Å². The molecular formula is C11H13N3O. The Morgan fingerprint density at radius 1 is 1.07 bits per heavy atom. The third-order valence-electron chi connectivity index (χ3n) is 2.30. The van der Waals surface area contributed by atoms with Crippen LogP contribution in [0.15, 0.2) is 34.9 Å².